The number of nitrogens with zero attached hydrogens (tertiary/aromatic N) is 1. The lowest BCUT2D eigenvalue weighted by molar-refractivity contribution is -0.142. The lowest BCUT2D eigenvalue weighted by Gasteiger charge is -2.14. The molecule has 1 heterocycles. The number of oxazole rings is 1. The van der Waals surface area contributed by atoms with E-state index >= 15 is 0 Å². The van der Waals surface area contributed by atoms with E-state index in [0.717, 1.165) is 10.0 Å². The second-order valence-electron chi connectivity index (χ2n) is 4.47. The summed E-state index contributed by atoms with van der Waals surface area (Å²) in [6.07, 6.45) is 1.39. The largest absolute Gasteiger partial charge is 0.481 e. The van der Waals surface area contributed by atoms with Gasteiger partial charge in [-0.2, -0.15) is 0 Å². The summed E-state index contributed by atoms with van der Waals surface area (Å²) in [6, 6.07) is 7.46. The third kappa shape index (κ3) is 2.31. The summed E-state index contributed by atoms with van der Waals surface area (Å²) in [6.45, 7) is 3.19. The summed E-state index contributed by atoms with van der Waals surface area (Å²) in [5.74, 6) is -0.509. The number of rotatable bonds is 3. The van der Waals surface area contributed by atoms with Crippen molar-refractivity contribution in [1.82, 2.24) is 4.98 Å². The van der Waals surface area contributed by atoms with Gasteiger partial charge in [-0.05, 0) is 38.1 Å². The molecule has 0 saturated heterocycles. The van der Waals surface area contributed by atoms with Crippen LogP contribution in [-0.4, -0.2) is 16.1 Å². The van der Waals surface area contributed by atoms with Crippen LogP contribution in [-0.2, 0) is 10.2 Å². The average molecular weight is 310 g/mol. The fraction of sp³-hybridized carbons (Fsp3) is 0.231. The maximum Gasteiger partial charge on any atom is 0.315 e. The van der Waals surface area contributed by atoms with Crippen LogP contribution in [0.2, 0.25) is 0 Å². The number of halogens is 1. The van der Waals surface area contributed by atoms with E-state index in [-0.39, 0.29) is 0 Å². The van der Waals surface area contributed by atoms with E-state index in [0.29, 0.717) is 11.6 Å². The summed E-state index contributed by atoms with van der Waals surface area (Å²) in [4.78, 5) is 15.4. The first-order valence-electron chi connectivity index (χ1n) is 5.36. The zero-order chi connectivity index (χ0) is 13.3. The first kappa shape index (κ1) is 12.8. The molecule has 1 aromatic heterocycles. The van der Waals surface area contributed by atoms with Crippen molar-refractivity contribution in [2.45, 2.75) is 19.3 Å². The molecule has 5 heteroatoms. The van der Waals surface area contributed by atoms with E-state index in [1.807, 2.05) is 24.3 Å². The van der Waals surface area contributed by atoms with Crippen LogP contribution in [0.15, 0.2) is 39.4 Å². The third-order valence-electron chi connectivity index (χ3n) is 2.77. The zero-order valence-electron chi connectivity index (χ0n) is 9.98. The SMILES string of the molecule is CC(C)(C(=O)O)c1coc(-c2ccc(Br)cc2)n1. The quantitative estimate of drug-likeness (QED) is 0.943. The van der Waals surface area contributed by atoms with Gasteiger partial charge in [0, 0.05) is 10.0 Å². The summed E-state index contributed by atoms with van der Waals surface area (Å²) in [5, 5.41) is 9.12. The predicted octanol–water partition coefficient (Wildman–Crippen LogP) is 3.47. The van der Waals surface area contributed by atoms with Gasteiger partial charge in [0.15, 0.2) is 0 Å². The molecule has 0 amide bonds. The minimum atomic E-state index is -1.06. The molecular formula is C13H12BrNO3. The molecule has 0 unspecified atom stereocenters. The van der Waals surface area contributed by atoms with Crippen LogP contribution in [0.4, 0.5) is 0 Å². The average Bonchev–Trinajstić information content (AvgIpc) is 2.79. The number of aliphatic carboxylic acids is 1. The number of aromatic nitrogens is 1. The van der Waals surface area contributed by atoms with E-state index < -0.39 is 11.4 Å². The Bertz CT molecular complexity index is 572. The van der Waals surface area contributed by atoms with E-state index in [1.54, 1.807) is 13.8 Å². The number of carboxylic acids is 1. The number of hydrogen-bond acceptors (Lipinski definition) is 3. The molecule has 0 bridgehead atoms. The Kier molecular flexibility index (Phi) is 3.26. The molecule has 0 saturated carbocycles. The predicted molar refractivity (Wildman–Crippen MR) is 70.3 cm³/mol. The summed E-state index contributed by atoms with van der Waals surface area (Å²) in [5.41, 5.74) is 0.162. The highest BCUT2D eigenvalue weighted by Crippen LogP contribution is 2.27. The van der Waals surface area contributed by atoms with Crippen LogP contribution in [0, 0.1) is 0 Å². The van der Waals surface area contributed by atoms with Crippen molar-refractivity contribution in [3.05, 3.63) is 40.7 Å². The summed E-state index contributed by atoms with van der Waals surface area (Å²) < 4.78 is 6.30. The van der Waals surface area contributed by atoms with Gasteiger partial charge >= 0.3 is 5.97 Å². The molecule has 0 aliphatic rings. The molecule has 0 spiro atoms. The molecule has 1 N–H and O–H groups in total. The van der Waals surface area contributed by atoms with Gasteiger partial charge in [0.2, 0.25) is 5.89 Å². The summed E-state index contributed by atoms with van der Waals surface area (Å²) in [7, 11) is 0. The second kappa shape index (κ2) is 4.57. The topological polar surface area (TPSA) is 63.3 Å². The maximum absolute atomic E-state index is 11.1. The van der Waals surface area contributed by atoms with Gasteiger partial charge in [-0.15, -0.1) is 0 Å². The Labute approximate surface area is 113 Å². The van der Waals surface area contributed by atoms with Gasteiger partial charge in [-0.3, -0.25) is 4.79 Å². The van der Waals surface area contributed by atoms with Gasteiger partial charge in [0.05, 0.1) is 5.69 Å². The molecule has 2 rings (SSSR count). The van der Waals surface area contributed by atoms with Crippen LogP contribution in [0.3, 0.4) is 0 Å². The maximum atomic E-state index is 11.1. The molecular weight excluding hydrogens is 298 g/mol. The Morgan fingerprint density at radius 2 is 1.94 bits per heavy atom. The normalized spacial score (nSPS) is 11.5. The zero-order valence-corrected chi connectivity index (χ0v) is 11.6. The number of hydrogen-bond donors (Lipinski definition) is 1. The van der Waals surface area contributed by atoms with Crippen molar-refractivity contribution in [3.63, 3.8) is 0 Å². The van der Waals surface area contributed by atoms with Crippen LogP contribution in [0.5, 0.6) is 0 Å². The second-order valence-corrected chi connectivity index (χ2v) is 5.39. The molecule has 0 aliphatic carbocycles. The molecule has 94 valence electrons. The number of carboxylic acid groups (broad SMARTS) is 1. The third-order valence-corrected chi connectivity index (χ3v) is 3.30. The first-order chi connectivity index (χ1) is 8.41. The fourth-order valence-electron chi connectivity index (χ4n) is 1.40. The van der Waals surface area contributed by atoms with Crippen molar-refractivity contribution in [1.29, 1.82) is 0 Å². The van der Waals surface area contributed by atoms with Crippen molar-refractivity contribution in [2.24, 2.45) is 0 Å². The van der Waals surface area contributed by atoms with Crippen LogP contribution in [0.1, 0.15) is 19.5 Å². The minimum Gasteiger partial charge on any atom is -0.481 e. The van der Waals surface area contributed by atoms with E-state index in [2.05, 4.69) is 20.9 Å². The van der Waals surface area contributed by atoms with Gasteiger partial charge in [-0.25, -0.2) is 4.98 Å². The van der Waals surface area contributed by atoms with Gasteiger partial charge in [0.25, 0.3) is 0 Å². The smallest absolute Gasteiger partial charge is 0.315 e. The van der Waals surface area contributed by atoms with Crippen molar-refractivity contribution < 1.29 is 14.3 Å². The highest BCUT2D eigenvalue weighted by Gasteiger charge is 2.33. The molecule has 18 heavy (non-hydrogen) atoms. The molecule has 0 aliphatic heterocycles. The van der Waals surface area contributed by atoms with Crippen molar-refractivity contribution >= 4 is 21.9 Å². The Morgan fingerprint density at radius 3 is 2.50 bits per heavy atom. The van der Waals surface area contributed by atoms with Crippen LogP contribution < -0.4 is 0 Å². The van der Waals surface area contributed by atoms with Gasteiger partial charge < -0.3 is 9.52 Å². The lowest BCUT2D eigenvalue weighted by atomic mass is 9.90. The van der Waals surface area contributed by atoms with Gasteiger partial charge in [0.1, 0.15) is 11.7 Å². The minimum absolute atomic E-state index is 0.410. The fourth-order valence-corrected chi connectivity index (χ4v) is 1.66. The molecule has 2 aromatic rings. The highest BCUT2D eigenvalue weighted by molar-refractivity contribution is 9.10. The van der Waals surface area contributed by atoms with Crippen LogP contribution in [0.25, 0.3) is 11.5 Å². The Balaban J connectivity index is 2.37. The molecule has 1 aromatic carbocycles. The molecule has 0 fully saturated rings. The number of carbonyl (C=O) groups is 1. The van der Waals surface area contributed by atoms with E-state index in [1.165, 1.54) is 6.26 Å². The first-order valence-corrected chi connectivity index (χ1v) is 6.16. The van der Waals surface area contributed by atoms with Crippen molar-refractivity contribution in [2.75, 3.05) is 0 Å². The molecule has 0 atom stereocenters. The monoisotopic (exact) mass is 309 g/mol. The molecule has 0 radical (unpaired) electrons. The van der Waals surface area contributed by atoms with Crippen LogP contribution >= 0.6 is 15.9 Å². The summed E-state index contributed by atoms with van der Waals surface area (Å²) >= 11 is 3.35. The molecule has 4 nitrogen and oxygen atoms in total. The number of benzene rings is 1. The standard InChI is InChI=1S/C13H12BrNO3/c1-13(2,12(16)17)10-7-18-11(15-10)8-3-5-9(14)6-4-8/h3-7H,1-2H3,(H,16,17). The Morgan fingerprint density at radius 1 is 1.33 bits per heavy atom. The Hall–Kier alpha value is -1.62. The lowest BCUT2D eigenvalue weighted by Crippen LogP contribution is -2.28. The van der Waals surface area contributed by atoms with E-state index in [4.69, 9.17) is 9.52 Å². The highest BCUT2D eigenvalue weighted by atomic mass is 79.9. The van der Waals surface area contributed by atoms with Crippen molar-refractivity contribution in [3.8, 4) is 11.5 Å². The van der Waals surface area contributed by atoms with Gasteiger partial charge in [-0.1, -0.05) is 15.9 Å². The van der Waals surface area contributed by atoms with E-state index in [9.17, 15) is 4.79 Å².